The third kappa shape index (κ3) is 6.14. The molecule has 6 nitrogen and oxygen atoms in total. The Morgan fingerprint density at radius 3 is 2.27 bits per heavy atom. The van der Waals surface area contributed by atoms with E-state index in [1.807, 2.05) is 30.3 Å². The number of rotatable bonds is 9. The number of carbonyl (C=O) groups excluding carboxylic acids is 2. The number of ether oxygens (including phenoxy) is 2. The summed E-state index contributed by atoms with van der Waals surface area (Å²) in [5.41, 5.74) is 0.0828. The van der Waals surface area contributed by atoms with E-state index in [1.54, 1.807) is 7.11 Å². The Labute approximate surface area is 217 Å². The highest BCUT2D eigenvalue weighted by atomic mass is 19.4. The van der Waals surface area contributed by atoms with Gasteiger partial charge in [0.1, 0.15) is 0 Å². The highest BCUT2D eigenvalue weighted by Gasteiger charge is 2.51. The van der Waals surface area contributed by atoms with Crippen LogP contribution in [0.25, 0.3) is 0 Å². The largest absolute Gasteiger partial charge is 0.471 e. The van der Waals surface area contributed by atoms with Gasteiger partial charge in [-0.15, -0.1) is 0 Å². The molecule has 2 saturated carbocycles. The summed E-state index contributed by atoms with van der Waals surface area (Å²) < 4.78 is 51.9. The van der Waals surface area contributed by atoms with Crippen molar-refractivity contribution in [1.82, 2.24) is 9.80 Å². The molecule has 0 radical (unpaired) electrons. The Morgan fingerprint density at radius 1 is 1.05 bits per heavy atom. The Balaban J connectivity index is 1.47. The first kappa shape index (κ1) is 27.9. The van der Waals surface area contributed by atoms with Gasteiger partial charge in [-0.2, -0.15) is 13.2 Å². The average Bonchev–Trinajstić information content (AvgIpc) is 3.35. The molecule has 206 valence electrons. The van der Waals surface area contributed by atoms with Gasteiger partial charge in [-0.25, -0.2) is 0 Å². The average molecular weight is 525 g/mol. The van der Waals surface area contributed by atoms with Crippen LogP contribution < -0.4 is 0 Å². The topological polar surface area (TPSA) is 59.1 Å². The molecular formula is C28H39F3N2O4. The fourth-order valence-electron chi connectivity index (χ4n) is 6.67. The zero-order valence-corrected chi connectivity index (χ0v) is 21.9. The van der Waals surface area contributed by atoms with Gasteiger partial charge >= 0.3 is 18.1 Å². The van der Waals surface area contributed by atoms with Crippen LogP contribution in [0.4, 0.5) is 13.2 Å². The first-order valence-electron chi connectivity index (χ1n) is 13.3. The van der Waals surface area contributed by atoms with Crippen molar-refractivity contribution in [2.75, 3.05) is 47.0 Å². The van der Waals surface area contributed by atoms with Gasteiger partial charge in [0.15, 0.2) is 0 Å². The molecule has 2 unspecified atom stereocenters. The summed E-state index contributed by atoms with van der Waals surface area (Å²) in [5.74, 6) is -1.78. The molecule has 0 aromatic heterocycles. The molecule has 2 aliphatic carbocycles. The molecule has 1 heterocycles. The Kier molecular flexibility index (Phi) is 8.53. The van der Waals surface area contributed by atoms with Gasteiger partial charge in [-0.05, 0) is 69.5 Å². The molecule has 0 N–H and O–H groups in total. The Bertz CT molecular complexity index is 927. The third-order valence-electron chi connectivity index (χ3n) is 8.95. The fraction of sp³-hybridized carbons (Fsp3) is 0.714. The molecular weight excluding hydrogens is 485 g/mol. The number of methoxy groups -OCH3 is 2. The molecule has 1 aromatic carbocycles. The summed E-state index contributed by atoms with van der Waals surface area (Å²) in [6.07, 6.45) is 0.739. The number of hydrogen-bond donors (Lipinski definition) is 0. The van der Waals surface area contributed by atoms with E-state index in [2.05, 4.69) is 4.90 Å². The fourth-order valence-corrected chi connectivity index (χ4v) is 6.67. The van der Waals surface area contributed by atoms with Crippen molar-refractivity contribution in [3.8, 4) is 0 Å². The quantitative estimate of drug-likeness (QED) is 0.435. The SMILES string of the molecule is COCC1(CN(C(=O)C(F)(F)F)C2CCC(c3ccccc3)C2)CCN(CC2(C(=O)OC)CCC2)CC1. The number of alkyl halides is 3. The van der Waals surface area contributed by atoms with E-state index in [9.17, 15) is 22.8 Å². The number of likely N-dealkylation sites (tertiary alicyclic amines) is 1. The number of benzene rings is 1. The normalized spacial score (nSPS) is 25.3. The second-order valence-electron chi connectivity index (χ2n) is 11.3. The lowest BCUT2D eigenvalue weighted by molar-refractivity contribution is -0.190. The predicted molar refractivity (Wildman–Crippen MR) is 133 cm³/mol. The third-order valence-corrected chi connectivity index (χ3v) is 8.95. The van der Waals surface area contributed by atoms with Crippen LogP contribution in [0.15, 0.2) is 30.3 Å². The molecule has 3 fully saturated rings. The predicted octanol–water partition coefficient (Wildman–Crippen LogP) is 4.79. The number of esters is 1. The van der Waals surface area contributed by atoms with Crippen molar-refractivity contribution in [3.05, 3.63) is 35.9 Å². The van der Waals surface area contributed by atoms with Crippen LogP contribution in [0.2, 0.25) is 0 Å². The minimum absolute atomic E-state index is 0.0291. The maximum atomic E-state index is 13.8. The molecule has 0 spiro atoms. The maximum absolute atomic E-state index is 13.8. The molecule has 4 rings (SSSR count). The Morgan fingerprint density at radius 2 is 1.73 bits per heavy atom. The zero-order chi connectivity index (χ0) is 26.7. The van der Waals surface area contributed by atoms with Crippen molar-refractivity contribution < 1.29 is 32.2 Å². The molecule has 9 heteroatoms. The van der Waals surface area contributed by atoms with E-state index < -0.39 is 29.0 Å². The molecule has 1 amide bonds. The number of hydrogen-bond acceptors (Lipinski definition) is 5. The molecule has 37 heavy (non-hydrogen) atoms. The van der Waals surface area contributed by atoms with Crippen molar-refractivity contribution in [1.29, 1.82) is 0 Å². The lowest BCUT2D eigenvalue weighted by atomic mass is 9.67. The number of piperidine rings is 1. The first-order chi connectivity index (χ1) is 17.6. The van der Waals surface area contributed by atoms with Crippen LogP contribution in [0, 0.1) is 10.8 Å². The highest BCUT2D eigenvalue weighted by Crippen LogP contribution is 2.45. The van der Waals surface area contributed by atoms with Gasteiger partial charge < -0.3 is 19.3 Å². The highest BCUT2D eigenvalue weighted by molar-refractivity contribution is 5.82. The van der Waals surface area contributed by atoms with Gasteiger partial charge in [0.2, 0.25) is 0 Å². The summed E-state index contributed by atoms with van der Waals surface area (Å²) >= 11 is 0. The monoisotopic (exact) mass is 524 g/mol. The number of nitrogens with zero attached hydrogens (tertiary/aromatic N) is 2. The second kappa shape index (κ2) is 11.3. The zero-order valence-electron chi connectivity index (χ0n) is 21.9. The number of halogens is 3. The molecule has 2 atom stereocenters. The van der Waals surface area contributed by atoms with E-state index in [1.165, 1.54) is 7.11 Å². The van der Waals surface area contributed by atoms with Gasteiger partial charge in [-0.1, -0.05) is 36.8 Å². The lowest BCUT2D eigenvalue weighted by Crippen LogP contribution is -2.56. The molecule has 3 aliphatic rings. The van der Waals surface area contributed by atoms with Crippen molar-refractivity contribution in [3.63, 3.8) is 0 Å². The molecule has 1 saturated heterocycles. The van der Waals surface area contributed by atoms with Crippen LogP contribution >= 0.6 is 0 Å². The minimum Gasteiger partial charge on any atom is -0.469 e. The van der Waals surface area contributed by atoms with Crippen LogP contribution in [0.5, 0.6) is 0 Å². The smallest absolute Gasteiger partial charge is 0.469 e. The van der Waals surface area contributed by atoms with Crippen LogP contribution in [0.3, 0.4) is 0 Å². The van der Waals surface area contributed by atoms with Gasteiger partial charge in [0, 0.05) is 31.7 Å². The molecule has 1 aliphatic heterocycles. The molecule has 0 bridgehead atoms. The van der Waals surface area contributed by atoms with E-state index in [0.717, 1.165) is 36.1 Å². The van der Waals surface area contributed by atoms with Crippen LogP contribution in [-0.4, -0.2) is 80.9 Å². The number of amides is 1. The van der Waals surface area contributed by atoms with E-state index in [-0.39, 0.29) is 18.4 Å². The lowest BCUT2D eigenvalue weighted by Gasteiger charge is -2.48. The first-order valence-corrected chi connectivity index (χ1v) is 13.3. The summed E-state index contributed by atoms with van der Waals surface area (Å²) in [7, 11) is 2.98. The second-order valence-corrected chi connectivity index (χ2v) is 11.3. The summed E-state index contributed by atoms with van der Waals surface area (Å²) in [5, 5.41) is 0. The van der Waals surface area contributed by atoms with E-state index >= 15 is 0 Å². The minimum atomic E-state index is -4.92. The summed E-state index contributed by atoms with van der Waals surface area (Å²) in [6.45, 7) is 2.22. The van der Waals surface area contributed by atoms with Gasteiger partial charge in [-0.3, -0.25) is 9.59 Å². The standard InChI is InChI=1S/C28H39F3N2O4/c1-36-20-26(13-15-32(16-14-26)19-27(11-6-12-27)25(35)37-2)18-33(24(34)28(29,30)31)23-10-9-22(17-23)21-7-4-3-5-8-21/h3-5,7-8,22-23H,6,9-20H2,1-2H3. The van der Waals surface area contributed by atoms with Crippen LogP contribution in [0.1, 0.15) is 62.8 Å². The Hall–Kier alpha value is -2.13. The van der Waals surface area contributed by atoms with Crippen molar-refractivity contribution in [2.24, 2.45) is 10.8 Å². The molecule has 1 aromatic rings. The summed E-state index contributed by atoms with van der Waals surface area (Å²) in [6, 6.07) is 9.37. The van der Waals surface area contributed by atoms with Gasteiger partial charge in [0.05, 0.1) is 19.1 Å². The maximum Gasteiger partial charge on any atom is 0.471 e. The van der Waals surface area contributed by atoms with Gasteiger partial charge in [0.25, 0.3) is 0 Å². The van der Waals surface area contributed by atoms with Crippen LogP contribution in [-0.2, 0) is 19.1 Å². The summed E-state index contributed by atoms with van der Waals surface area (Å²) in [4.78, 5) is 28.4. The number of carbonyl (C=O) groups is 2. The van der Waals surface area contributed by atoms with Crippen molar-refractivity contribution in [2.45, 2.75) is 69.5 Å². The van der Waals surface area contributed by atoms with E-state index in [4.69, 9.17) is 9.47 Å². The van der Waals surface area contributed by atoms with Crippen molar-refractivity contribution >= 4 is 11.9 Å². The van der Waals surface area contributed by atoms with E-state index in [0.29, 0.717) is 51.9 Å².